The van der Waals surface area contributed by atoms with Crippen LogP contribution in [0.15, 0.2) is 72.8 Å². The normalized spacial score (nSPS) is 13.4. The van der Waals surface area contributed by atoms with Gasteiger partial charge in [0.15, 0.2) is 0 Å². The fraction of sp³-hybridized carbons (Fsp3) is 0.300. The molecule has 1 aliphatic rings. The maximum atomic E-state index is 14.2. The van der Waals surface area contributed by atoms with Crippen molar-refractivity contribution in [2.45, 2.75) is 6.18 Å². The van der Waals surface area contributed by atoms with E-state index in [0.717, 1.165) is 17.8 Å². The average Bonchev–Trinajstić information content (AvgIpc) is 2.99. The van der Waals surface area contributed by atoms with E-state index in [2.05, 4.69) is 10.6 Å². The molecular formula is C30H31F4N5O4. The molecular weight excluding hydrogens is 570 g/mol. The van der Waals surface area contributed by atoms with Crippen LogP contribution in [0.3, 0.4) is 0 Å². The number of alkyl halides is 3. The summed E-state index contributed by atoms with van der Waals surface area (Å²) in [6.07, 6.45) is -4.50. The maximum Gasteiger partial charge on any atom is 0.416 e. The van der Waals surface area contributed by atoms with Crippen molar-refractivity contribution in [2.24, 2.45) is 0 Å². The van der Waals surface area contributed by atoms with Crippen LogP contribution in [0.5, 0.6) is 0 Å². The van der Waals surface area contributed by atoms with E-state index >= 15 is 0 Å². The van der Waals surface area contributed by atoms with Crippen molar-refractivity contribution in [1.82, 2.24) is 9.80 Å². The van der Waals surface area contributed by atoms with Gasteiger partial charge in [0.2, 0.25) is 5.91 Å². The Hall–Kier alpha value is -4.65. The SMILES string of the molecule is COCCN(CC(=O)Nc1ccc(N2CCN(C(=O)Nc3cccc(C(F)(F)F)c3)CC2)cc1)C(=O)c1ccccc1F. The van der Waals surface area contributed by atoms with Crippen molar-refractivity contribution in [3.8, 4) is 0 Å². The standard InChI is InChI=1S/C30H31F4N5O4/c1-43-18-17-39(28(41)25-7-2-3-8-26(25)31)20-27(40)35-22-9-11-24(12-10-22)37-13-15-38(16-14-37)29(42)36-23-6-4-5-21(19-23)30(32,33)34/h2-12,19H,13-18,20H2,1H3,(H,35,40)(H,36,42). The Morgan fingerprint density at radius 1 is 0.884 bits per heavy atom. The minimum Gasteiger partial charge on any atom is -0.383 e. The molecule has 4 amide bonds. The lowest BCUT2D eigenvalue weighted by atomic mass is 10.2. The van der Waals surface area contributed by atoms with Crippen molar-refractivity contribution in [1.29, 1.82) is 0 Å². The molecule has 0 saturated carbocycles. The van der Waals surface area contributed by atoms with Gasteiger partial charge in [-0.25, -0.2) is 9.18 Å². The fourth-order valence-electron chi connectivity index (χ4n) is 4.53. The summed E-state index contributed by atoms with van der Waals surface area (Å²) in [5.74, 6) is -1.76. The zero-order chi connectivity index (χ0) is 31.0. The molecule has 0 bridgehead atoms. The van der Waals surface area contributed by atoms with Crippen molar-refractivity contribution in [2.75, 3.05) is 68.5 Å². The lowest BCUT2D eigenvalue weighted by molar-refractivity contribution is -0.137. The van der Waals surface area contributed by atoms with Gasteiger partial charge in [-0.15, -0.1) is 0 Å². The smallest absolute Gasteiger partial charge is 0.383 e. The van der Waals surface area contributed by atoms with Crippen LogP contribution in [-0.2, 0) is 15.7 Å². The van der Waals surface area contributed by atoms with Crippen molar-refractivity contribution in [3.63, 3.8) is 0 Å². The molecule has 1 saturated heterocycles. The molecule has 13 heteroatoms. The molecule has 0 spiro atoms. The summed E-state index contributed by atoms with van der Waals surface area (Å²) in [6.45, 7) is 1.67. The summed E-state index contributed by atoms with van der Waals surface area (Å²) in [5, 5.41) is 5.27. The minimum atomic E-state index is -4.50. The van der Waals surface area contributed by atoms with Gasteiger partial charge in [-0.05, 0) is 54.6 Å². The van der Waals surface area contributed by atoms with Gasteiger partial charge in [-0.3, -0.25) is 9.59 Å². The second-order valence-corrected chi connectivity index (χ2v) is 9.78. The van der Waals surface area contributed by atoms with Crippen LogP contribution in [0.25, 0.3) is 0 Å². The Bertz CT molecular complexity index is 1430. The van der Waals surface area contributed by atoms with Crippen molar-refractivity contribution >= 4 is 34.9 Å². The van der Waals surface area contributed by atoms with Crippen molar-refractivity contribution < 1.29 is 36.7 Å². The molecule has 0 atom stereocenters. The van der Waals surface area contributed by atoms with Gasteiger partial charge in [0.25, 0.3) is 5.91 Å². The fourth-order valence-corrected chi connectivity index (χ4v) is 4.53. The topological polar surface area (TPSA) is 94.2 Å². The largest absolute Gasteiger partial charge is 0.416 e. The van der Waals surface area contributed by atoms with Crippen molar-refractivity contribution in [3.05, 3.63) is 89.7 Å². The first-order valence-electron chi connectivity index (χ1n) is 13.5. The van der Waals surface area contributed by atoms with E-state index in [9.17, 15) is 31.9 Å². The first kappa shape index (κ1) is 31.3. The highest BCUT2D eigenvalue weighted by Crippen LogP contribution is 2.30. The molecule has 0 aliphatic carbocycles. The summed E-state index contributed by atoms with van der Waals surface area (Å²) in [5.41, 5.74) is 0.446. The molecule has 2 N–H and O–H groups in total. The second kappa shape index (κ2) is 14.0. The van der Waals surface area contributed by atoms with E-state index in [4.69, 9.17) is 4.74 Å². The van der Waals surface area contributed by atoms with Crippen LogP contribution in [0.4, 0.5) is 39.4 Å². The number of amides is 4. The Kier molecular flexibility index (Phi) is 10.2. The van der Waals surface area contributed by atoms with Gasteiger partial charge in [0.05, 0.1) is 17.7 Å². The number of halogens is 4. The van der Waals surface area contributed by atoms with Gasteiger partial charge >= 0.3 is 12.2 Å². The third-order valence-electron chi connectivity index (χ3n) is 6.82. The molecule has 0 unspecified atom stereocenters. The number of hydrogen-bond donors (Lipinski definition) is 2. The number of anilines is 3. The summed E-state index contributed by atoms with van der Waals surface area (Å²) in [4.78, 5) is 43.0. The number of rotatable bonds is 9. The van der Waals surface area contributed by atoms with Gasteiger partial charge in [0.1, 0.15) is 12.4 Å². The summed E-state index contributed by atoms with van der Waals surface area (Å²) in [7, 11) is 1.46. The van der Waals surface area contributed by atoms with E-state index in [0.29, 0.717) is 31.9 Å². The molecule has 9 nitrogen and oxygen atoms in total. The highest BCUT2D eigenvalue weighted by Gasteiger charge is 2.31. The molecule has 1 heterocycles. The molecule has 1 aliphatic heterocycles. The van der Waals surface area contributed by atoms with Crippen LogP contribution in [0, 0.1) is 5.82 Å². The third kappa shape index (κ3) is 8.44. The Morgan fingerprint density at radius 3 is 2.23 bits per heavy atom. The number of hydrogen-bond acceptors (Lipinski definition) is 5. The number of ether oxygens (including phenoxy) is 1. The number of piperazine rings is 1. The summed E-state index contributed by atoms with van der Waals surface area (Å²) >= 11 is 0. The average molecular weight is 602 g/mol. The van der Waals surface area contributed by atoms with Crippen LogP contribution >= 0.6 is 0 Å². The molecule has 0 aromatic heterocycles. The first-order chi connectivity index (χ1) is 20.5. The first-order valence-corrected chi connectivity index (χ1v) is 13.5. The number of carbonyl (C=O) groups is 3. The molecule has 3 aromatic carbocycles. The Balaban J connectivity index is 1.29. The maximum absolute atomic E-state index is 14.2. The predicted molar refractivity (Wildman–Crippen MR) is 153 cm³/mol. The summed E-state index contributed by atoms with van der Waals surface area (Å²) in [6, 6.07) is 16.6. The predicted octanol–water partition coefficient (Wildman–Crippen LogP) is 4.93. The second-order valence-electron chi connectivity index (χ2n) is 9.78. The molecule has 1 fully saturated rings. The van der Waals surface area contributed by atoms with Gasteiger partial charge in [-0.2, -0.15) is 13.2 Å². The van der Waals surface area contributed by atoms with E-state index in [1.807, 2.05) is 4.90 Å². The van der Waals surface area contributed by atoms with Crippen LogP contribution in [0.2, 0.25) is 0 Å². The van der Waals surface area contributed by atoms with E-state index < -0.39 is 35.4 Å². The highest BCUT2D eigenvalue weighted by atomic mass is 19.4. The van der Waals surface area contributed by atoms with Crippen LogP contribution in [0.1, 0.15) is 15.9 Å². The zero-order valence-corrected chi connectivity index (χ0v) is 23.4. The van der Waals surface area contributed by atoms with E-state index in [-0.39, 0.29) is 30.9 Å². The number of nitrogens with one attached hydrogen (secondary N) is 2. The number of nitrogens with zero attached hydrogens (tertiary/aromatic N) is 3. The Morgan fingerprint density at radius 2 is 1.58 bits per heavy atom. The van der Waals surface area contributed by atoms with E-state index in [1.165, 1.54) is 47.2 Å². The minimum absolute atomic E-state index is 0.0679. The lowest BCUT2D eigenvalue weighted by Crippen LogP contribution is -2.50. The quantitative estimate of drug-likeness (QED) is 0.340. The van der Waals surface area contributed by atoms with Gasteiger partial charge in [-0.1, -0.05) is 18.2 Å². The number of carbonyl (C=O) groups excluding carboxylic acids is 3. The lowest BCUT2D eigenvalue weighted by Gasteiger charge is -2.36. The molecule has 43 heavy (non-hydrogen) atoms. The molecule has 0 radical (unpaired) electrons. The molecule has 4 rings (SSSR count). The van der Waals surface area contributed by atoms with Crippen LogP contribution in [-0.4, -0.2) is 80.6 Å². The highest BCUT2D eigenvalue weighted by molar-refractivity contribution is 5.99. The number of urea groups is 1. The Labute approximate surface area is 246 Å². The zero-order valence-electron chi connectivity index (χ0n) is 23.4. The summed E-state index contributed by atoms with van der Waals surface area (Å²) < 4.78 is 58.1. The van der Waals surface area contributed by atoms with Crippen LogP contribution < -0.4 is 15.5 Å². The number of methoxy groups -OCH3 is 1. The van der Waals surface area contributed by atoms with Gasteiger partial charge < -0.3 is 30.1 Å². The number of benzene rings is 3. The molecule has 228 valence electrons. The van der Waals surface area contributed by atoms with Gasteiger partial charge in [0, 0.05) is 56.9 Å². The molecule has 3 aromatic rings. The monoisotopic (exact) mass is 601 g/mol. The van der Waals surface area contributed by atoms with E-state index in [1.54, 1.807) is 30.3 Å². The third-order valence-corrected chi connectivity index (χ3v) is 6.82.